The van der Waals surface area contributed by atoms with Gasteiger partial charge in [0.2, 0.25) is 5.91 Å². The van der Waals surface area contributed by atoms with Crippen LogP contribution < -0.4 is 21.1 Å². The molecule has 184 valence electrons. The Labute approximate surface area is 210 Å². The monoisotopic (exact) mass is 482 g/mol. The third-order valence-electron chi connectivity index (χ3n) is 5.89. The zero-order chi connectivity index (χ0) is 25.3. The summed E-state index contributed by atoms with van der Waals surface area (Å²) in [5.74, 6) is -0.144. The van der Waals surface area contributed by atoms with Crippen LogP contribution in [0.25, 0.3) is 22.2 Å². The van der Waals surface area contributed by atoms with E-state index in [2.05, 4.69) is 10.6 Å². The van der Waals surface area contributed by atoms with Crippen LogP contribution in [0.2, 0.25) is 0 Å². The SMILES string of the molecule is CCC(NC(=O)c1c(OCCNC(=O)CN)c(-c2ccccc2)nc2ccccc12)c1ccccc1. The van der Waals surface area contributed by atoms with Crippen LogP contribution in [-0.4, -0.2) is 36.5 Å². The fraction of sp³-hybridized carbons (Fsp3) is 0.207. The first kappa shape index (κ1) is 24.9. The summed E-state index contributed by atoms with van der Waals surface area (Å²) in [6.07, 6.45) is 0.728. The molecule has 0 aliphatic rings. The Bertz CT molecular complexity index is 1330. The van der Waals surface area contributed by atoms with Crippen molar-refractivity contribution in [2.45, 2.75) is 19.4 Å². The predicted molar refractivity (Wildman–Crippen MR) is 142 cm³/mol. The maximum Gasteiger partial charge on any atom is 0.256 e. The Morgan fingerprint density at radius 2 is 1.61 bits per heavy atom. The third-order valence-corrected chi connectivity index (χ3v) is 5.89. The summed E-state index contributed by atoms with van der Waals surface area (Å²) in [6.45, 7) is 2.34. The molecule has 1 unspecified atom stereocenters. The number of rotatable bonds is 10. The molecule has 0 saturated carbocycles. The molecule has 3 aromatic carbocycles. The Hall–Kier alpha value is -4.23. The Morgan fingerprint density at radius 1 is 0.944 bits per heavy atom. The molecule has 0 bridgehead atoms. The second-order valence-corrected chi connectivity index (χ2v) is 8.30. The standard InChI is InChI=1S/C29H30N4O3/c1-2-23(20-11-5-3-6-12-20)33-29(35)26-22-15-9-10-16-24(22)32-27(21-13-7-4-8-14-21)28(26)36-18-17-31-25(34)19-30/h3-16,23H,2,17-19,30H2,1H3,(H,31,34)(H,33,35). The van der Waals surface area contributed by atoms with Gasteiger partial charge in [-0.25, -0.2) is 4.98 Å². The number of carbonyl (C=O) groups excluding carboxylic acids is 2. The van der Waals surface area contributed by atoms with Crippen LogP contribution in [0, 0.1) is 0 Å². The smallest absolute Gasteiger partial charge is 0.256 e. The Balaban J connectivity index is 1.79. The van der Waals surface area contributed by atoms with Crippen molar-refractivity contribution in [1.29, 1.82) is 0 Å². The number of amides is 2. The van der Waals surface area contributed by atoms with Crippen LogP contribution in [0.15, 0.2) is 84.9 Å². The topological polar surface area (TPSA) is 106 Å². The lowest BCUT2D eigenvalue weighted by atomic mass is 10.00. The lowest BCUT2D eigenvalue weighted by Crippen LogP contribution is -2.33. The van der Waals surface area contributed by atoms with Crippen molar-refractivity contribution < 1.29 is 14.3 Å². The number of benzene rings is 3. The average Bonchev–Trinajstić information content (AvgIpc) is 2.94. The van der Waals surface area contributed by atoms with Gasteiger partial charge in [-0.15, -0.1) is 0 Å². The molecule has 4 aromatic rings. The van der Waals surface area contributed by atoms with Crippen LogP contribution >= 0.6 is 0 Å². The van der Waals surface area contributed by atoms with Gasteiger partial charge in [0, 0.05) is 10.9 Å². The summed E-state index contributed by atoms with van der Waals surface area (Å²) in [5, 5.41) is 6.59. The van der Waals surface area contributed by atoms with E-state index >= 15 is 0 Å². The number of hydrogen-bond donors (Lipinski definition) is 3. The van der Waals surface area contributed by atoms with E-state index in [9.17, 15) is 9.59 Å². The van der Waals surface area contributed by atoms with Crippen LogP contribution in [0.1, 0.15) is 35.3 Å². The minimum absolute atomic E-state index is 0.0989. The first-order valence-corrected chi connectivity index (χ1v) is 12.1. The van der Waals surface area contributed by atoms with Gasteiger partial charge in [-0.2, -0.15) is 0 Å². The van der Waals surface area contributed by atoms with Gasteiger partial charge in [-0.3, -0.25) is 9.59 Å². The molecule has 0 aliphatic carbocycles. The third kappa shape index (κ3) is 5.70. The van der Waals surface area contributed by atoms with Crippen molar-refractivity contribution >= 4 is 22.7 Å². The van der Waals surface area contributed by atoms with E-state index in [-0.39, 0.29) is 37.6 Å². The molecule has 1 aromatic heterocycles. The van der Waals surface area contributed by atoms with E-state index in [1.807, 2.05) is 91.9 Å². The molecular weight excluding hydrogens is 452 g/mol. The highest BCUT2D eigenvalue weighted by Crippen LogP contribution is 2.37. The molecule has 1 heterocycles. The molecule has 4 rings (SSSR count). The van der Waals surface area contributed by atoms with Gasteiger partial charge in [0.15, 0.2) is 5.75 Å². The maximum atomic E-state index is 13.9. The van der Waals surface area contributed by atoms with E-state index in [1.165, 1.54) is 0 Å². The summed E-state index contributed by atoms with van der Waals surface area (Å²) in [6, 6.07) is 26.9. The van der Waals surface area contributed by atoms with Crippen LogP contribution in [0.3, 0.4) is 0 Å². The summed E-state index contributed by atoms with van der Waals surface area (Å²) in [7, 11) is 0. The quantitative estimate of drug-likeness (QED) is 0.293. The second kappa shape index (κ2) is 12.0. The Morgan fingerprint density at radius 3 is 2.31 bits per heavy atom. The van der Waals surface area contributed by atoms with E-state index in [0.29, 0.717) is 27.9 Å². The summed E-state index contributed by atoms with van der Waals surface area (Å²) in [5.41, 5.74) is 8.92. The fourth-order valence-corrected chi connectivity index (χ4v) is 4.10. The highest BCUT2D eigenvalue weighted by Gasteiger charge is 2.25. The molecule has 7 heteroatoms. The number of fused-ring (bicyclic) bond motifs is 1. The second-order valence-electron chi connectivity index (χ2n) is 8.30. The molecule has 0 aliphatic heterocycles. The van der Waals surface area contributed by atoms with Gasteiger partial charge in [-0.1, -0.05) is 85.8 Å². The number of hydrogen-bond acceptors (Lipinski definition) is 5. The van der Waals surface area contributed by atoms with Crippen molar-refractivity contribution in [2.75, 3.05) is 19.7 Å². The first-order valence-electron chi connectivity index (χ1n) is 12.1. The van der Waals surface area contributed by atoms with Crippen molar-refractivity contribution in [2.24, 2.45) is 5.73 Å². The average molecular weight is 483 g/mol. The first-order chi connectivity index (χ1) is 17.6. The fourth-order valence-electron chi connectivity index (χ4n) is 4.10. The molecule has 1 atom stereocenters. The summed E-state index contributed by atoms with van der Waals surface area (Å²) in [4.78, 5) is 30.3. The van der Waals surface area contributed by atoms with Crippen molar-refractivity contribution in [3.05, 3.63) is 96.1 Å². The van der Waals surface area contributed by atoms with Crippen molar-refractivity contribution in [3.8, 4) is 17.0 Å². The lowest BCUT2D eigenvalue weighted by Gasteiger charge is -2.21. The summed E-state index contributed by atoms with van der Waals surface area (Å²) < 4.78 is 6.19. The van der Waals surface area contributed by atoms with Crippen molar-refractivity contribution in [1.82, 2.24) is 15.6 Å². The number of ether oxygens (including phenoxy) is 1. The molecule has 7 nitrogen and oxygen atoms in total. The van der Waals surface area contributed by atoms with Gasteiger partial charge in [0.05, 0.1) is 30.2 Å². The van der Waals surface area contributed by atoms with E-state index in [1.54, 1.807) is 0 Å². The number of pyridine rings is 1. The molecule has 36 heavy (non-hydrogen) atoms. The number of nitrogens with one attached hydrogen (secondary N) is 2. The van der Waals surface area contributed by atoms with E-state index < -0.39 is 0 Å². The number of nitrogens with two attached hydrogens (primary N) is 1. The van der Waals surface area contributed by atoms with Crippen molar-refractivity contribution in [3.63, 3.8) is 0 Å². The largest absolute Gasteiger partial charge is 0.489 e. The molecule has 0 saturated heterocycles. The van der Waals surface area contributed by atoms with Crippen LogP contribution in [-0.2, 0) is 4.79 Å². The number of carbonyl (C=O) groups is 2. The van der Waals surface area contributed by atoms with Crippen LogP contribution in [0.4, 0.5) is 0 Å². The highest BCUT2D eigenvalue weighted by molar-refractivity contribution is 6.10. The molecule has 0 spiro atoms. The number of nitrogens with zero attached hydrogens (tertiary/aromatic N) is 1. The molecule has 2 amide bonds. The number of para-hydroxylation sites is 1. The Kier molecular flexibility index (Phi) is 8.26. The van der Waals surface area contributed by atoms with Gasteiger partial charge in [-0.05, 0) is 18.1 Å². The molecule has 0 fully saturated rings. The van der Waals surface area contributed by atoms with Gasteiger partial charge < -0.3 is 21.1 Å². The van der Waals surface area contributed by atoms with Crippen LogP contribution in [0.5, 0.6) is 5.75 Å². The summed E-state index contributed by atoms with van der Waals surface area (Å²) >= 11 is 0. The molecule has 0 radical (unpaired) electrons. The number of aromatic nitrogens is 1. The normalized spacial score (nSPS) is 11.6. The highest BCUT2D eigenvalue weighted by atomic mass is 16.5. The van der Waals surface area contributed by atoms with Gasteiger partial charge in [0.25, 0.3) is 5.91 Å². The molecular formula is C29H30N4O3. The minimum Gasteiger partial charge on any atom is -0.489 e. The maximum absolute atomic E-state index is 13.9. The van der Waals surface area contributed by atoms with E-state index in [4.69, 9.17) is 15.5 Å². The zero-order valence-corrected chi connectivity index (χ0v) is 20.2. The zero-order valence-electron chi connectivity index (χ0n) is 20.2. The van der Waals surface area contributed by atoms with Gasteiger partial charge in [0.1, 0.15) is 12.3 Å². The predicted octanol–water partition coefficient (Wildman–Crippen LogP) is 4.24. The minimum atomic E-state index is -0.273. The van der Waals surface area contributed by atoms with Gasteiger partial charge >= 0.3 is 0 Å². The lowest BCUT2D eigenvalue weighted by molar-refractivity contribution is -0.119. The van der Waals surface area contributed by atoms with E-state index in [0.717, 1.165) is 17.5 Å². The molecule has 4 N–H and O–H groups in total.